The summed E-state index contributed by atoms with van der Waals surface area (Å²) in [4.78, 5) is 53.5. The Morgan fingerprint density at radius 2 is 1.95 bits per heavy atom. The number of ether oxygens (including phenoxy) is 1. The van der Waals surface area contributed by atoms with Gasteiger partial charge in [-0.1, -0.05) is 23.8 Å². The average Bonchev–Trinajstić information content (AvgIpc) is 3.93. The molecule has 238 valence electrons. The summed E-state index contributed by atoms with van der Waals surface area (Å²) < 4.78 is 32.6. The van der Waals surface area contributed by atoms with Crippen LogP contribution >= 0.6 is 11.6 Å². The van der Waals surface area contributed by atoms with Crippen LogP contribution in [-0.4, -0.2) is 89.6 Å². The third kappa shape index (κ3) is 5.55. The average molecular weight is 648 g/mol. The summed E-state index contributed by atoms with van der Waals surface area (Å²) in [5, 5.41) is 4.25. The fourth-order valence-corrected chi connectivity index (χ4v) is 7.73. The zero-order valence-electron chi connectivity index (χ0n) is 25.3. The number of amides is 4. The minimum Gasteiger partial charge on any atom is -0.495 e. The maximum absolute atomic E-state index is 14.5. The number of hydrogen-bond donors (Lipinski definition) is 1. The van der Waals surface area contributed by atoms with Crippen LogP contribution in [0.5, 0.6) is 11.5 Å². The molecule has 2 atom stereocenters. The highest BCUT2D eigenvalue weighted by atomic mass is 35.5. The quantitative estimate of drug-likeness (QED) is 0.447. The van der Waals surface area contributed by atoms with Crippen LogP contribution in [0.3, 0.4) is 0 Å². The molecule has 0 spiro atoms. The molecule has 44 heavy (non-hydrogen) atoms. The number of nitrogens with one attached hydrogen (secondary N) is 1. The second kappa shape index (κ2) is 12.1. The summed E-state index contributed by atoms with van der Waals surface area (Å²) in [5.41, 5.74) is -1.32. The lowest BCUT2D eigenvalue weighted by Crippen LogP contribution is -2.59. The Labute approximate surface area is 262 Å². The van der Waals surface area contributed by atoms with Gasteiger partial charge in [0.1, 0.15) is 17.3 Å². The number of carbonyl (C=O) groups excluding carboxylic acids is 3. The number of sulfonamides is 1. The predicted octanol–water partition coefficient (Wildman–Crippen LogP) is 3.89. The van der Waals surface area contributed by atoms with Crippen molar-refractivity contribution in [3.05, 3.63) is 41.6 Å². The van der Waals surface area contributed by atoms with Crippen LogP contribution in [0.1, 0.15) is 52.4 Å². The van der Waals surface area contributed by atoms with Gasteiger partial charge in [-0.25, -0.2) is 17.5 Å². The number of methoxy groups -OCH3 is 1. The molecular formula is C30H38ClN5O7S. The Kier molecular flexibility index (Phi) is 8.74. The van der Waals surface area contributed by atoms with E-state index in [1.165, 1.54) is 24.3 Å². The van der Waals surface area contributed by atoms with Crippen molar-refractivity contribution in [1.29, 1.82) is 0 Å². The highest BCUT2D eigenvalue weighted by molar-refractivity contribution is 7.91. The number of fused-ring (bicyclic) bond motifs is 2. The van der Waals surface area contributed by atoms with E-state index in [2.05, 4.69) is 10.3 Å². The highest BCUT2D eigenvalue weighted by Gasteiger charge is 2.69. The maximum Gasteiger partial charge on any atom is 0.317 e. The van der Waals surface area contributed by atoms with Gasteiger partial charge in [-0.3, -0.25) is 14.6 Å². The fourth-order valence-electron chi connectivity index (χ4n) is 5.57. The van der Waals surface area contributed by atoms with Crippen molar-refractivity contribution in [2.75, 3.05) is 33.8 Å². The molecular weight excluding hydrogens is 610 g/mol. The summed E-state index contributed by atoms with van der Waals surface area (Å²) in [5.74, 6) is -1.43. The van der Waals surface area contributed by atoms with Crippen molar-refractivity contribution < 1.29 is 32.4 Å². The van der Waals surface area contributed by atoms with Gasteiger partial charge in [0.2, 0.25) is 10.0 Å². The molecule has 1 aliphatic heterocycles. The van der Waals surface area contributed by atoms with Crippen molar-refractivity contribution in [3.8, 4) is 11.5 Å². The van der Waals surface area contributed by atoms with Crippen LogP contribution in [0.4, 0.5) is 4.79 Å². The summed E-state index contributed by atoms with van der Waals surface area (Å²) in [6.45, 7) is 3.15. The first-order chi connectivity index (χ1) is 20.9. The Bertz CT molecular complexity index is 1610. The Morgan fingerprint density at radius 3 is 2.64 bits per heavy atom. The number of hydroxylamine groups is 2. The summed E-state index contributed by atoms with van der Waals surface area (Å²) >= 11 is 6.53. The van der Waals surface area contributed by atoms with Crippen LogP contribution < -0.4 is 14.9 Å². The van der Waals surface area contributed by atoms with Crippen molar-refractivity contribution in [2.24, 2.45) is 5.92 Å². The van der Waals surface area contributed by atoms with Gasteiger partial charge in [-0.2, -0.15) is 5.06 Å². The molecule has 1 aromatic carbocycles. The zero-order valence-corrected chi connectivity index (χ0v) is 26.9. The molecule has 1 N–H and O–H groups in total. The fraction of sp³-hybridized carbons (Fsp3) is 0.533. The van der Waals surface area contributed by atoms with Crippen molar-refractivity contribution >= 4 is 50.4 Å². The number of likely N-dealkylation sites (N-methyl/N-ethyl adjacent to an activating group) is 1. The van der Waals surface area contributed by atoms with E-state index in [0.717, 1.165) is 22.2 Å². The van der Waals surface area contributed by atoms with Crippen LogP contribution in [0.25, 0.3) is 10.9 Å². The molecule has 3 aliphatic rings. The number of pyridine rings is 1. The number of halogens is 1. The minimum atomic E-state index is -4.03. The van der Waals surface area contributed by atoms with E-state index in [-0.39, 0.29) is 23.7 Å². The molecule has 2 aliphatic carbocycles. The standard InChI is InChI=1S/C30H38ClN5O7S/c1-5-35(44(40,41)29(2)14-15-29)27(38)30-18-20(30)10-8-6-7-9-17-34(3)28(39)33-19-24(37)36(30)43-22-13-16-32-26-21(22)11-12-23(42-4)25(26)31/h8,10-13,16,20H,5-7,9,14-15,17-19H2,1-4H3,(H,33,39)/b10-8+. The molecule has 2 saturated carbocycles. The first-order valence-electron chi connectivity index (χ1n) is 14.8. The lowest BCUT2D eigenvalue weighted by molar-refractivity contribution is -0.176. The summed E-state index contributed by atoms with van der Waals surface area (Å²) in [6, 6.07) is 4.38. The Balaban J connectivity index is 1.62. The molecule has 5 rings (SSSR count). The van der Waals surface area contributed by atoms with Crippen molar-refractivity contribution in [3.63, 3.8) is 0 Å². The normalized spacial score (nSPS) is 24.5. The molecule has 0 bridgehead atoms. The number of urea groups is 1. The van der Waals surface area contributed by atoms with Crippen LogP contribution in [-0.2, 0) is 19.6 Å². The molecule has 14 heteroatoms. The van der Waals surface area contributed by atoms with E-state index in [4.69, 9.17) is 21.2 Å². The molecule has 0 saturated heterocycles. The molecule has 2 fully saturated rings. The maximum atomic E-state index is 14.5. The van der Waals surface area contributed by atoms with Gasteiger partial charge >= 0.3 is 6.03 Å². The number of aromatic nitrogens is 1. The lowest BCUT2D eigenvalue weighted by atomic mass is 10.1. The molecule has 2 unspecified atom stereocenters. The van der Waals surface area contributed by atoms with Crippen LogP contribution in [0, 0.1) is 5.92 Å². The van der Waals surface area contributed by atoms with E-state index < -0.39 is 50.6 Å². The molecule has 1 aromatic heterocycles. The Morgan fingerprint density at radius 1 is 1.20 bits per heavy atom. The Hall–Kier alpha value is -3.58. The molecule has 12 nitrogen and oxygen atoms in total. The number of nitrogens with zero attached hydrogens (tertiary/aromatic N) is 4. The third-order valence-electron chi connectivity index (χ3n) is 8.73. The van der Waals surface area contributed by atoms with Gasteiger partial charge in [0.15, 0.2) is 11.3 Å². The SMILES string of the molecule is CCN(C(=O)C12CC1/C=C/CCCCN(C)C(=O)NCC(=O)N2Oc1ccnc2c(Cl)c(OC)ccc12)S(=O)(=O)C1(C)CC1. The topological polar surface area (TPSA) is 138 Å². The molecule has 4 amide bonds. The van der Waals surface area contributed by atoms with Crippen LogP contribution in [0.2, 0.25) is 5.02 Å². The van der Waals surface area contributed by atoms with E-state index in [1.807, 2.05) is 12.2 Å². The molecule has 2 heterocycles. The highest BCUT2D eigenvalue weighted by Crippen LogP contribution is 2.54. The lowest BCUT2D eigenvalue weighted by Gasteiger charge is -2.35. The van der Waals surface area contributed by atoms with Gasteiger partial charge in [-0.15, -0.1) is 0 Å². The smallest absolute Gasteiger partial charge is 0.317 e. The number of benzene rings is 1. The third-order valence-corrected chi connectivity index (χ3v) is 11.8. The minimum absolute atomic E-state index is 0.105. The second-order valence-electron chi connectivity index (χ2n) is 11.7. The van der Waals surface area contributed by atoms with E-state index in [9.17, 15) is 22.8 Å². The molecule has 0 radical (unpaired) electrons. The van der Waals surface area contributed by atoms with E-state index >= 15 is 0 Å². The monoisotopic (exact) mass is 647 g/mol. The van der Waals surface area contributed by atoms with Gasteiger partial charge in [0.05, 0.1) is 17.4 Å². The van der Waals surface area contributed by atoms with Crippen LogP contribution in [0.15, 0.2) is 36.5 Å². The van der Waals surface area contributed by atoms with Gasteiger partial charge in [0.25, 0.3) is 11.8 Å². The van der Waals surface area contributed by atoms with Crippen molar-refractivity contribution in [1.82, 2.24) is 24.6 Å². The largest absolute Gasteiger partial charge is 0.495 e. The zero-order chi connectivity index (χ0) is 31.9. The first kappa shape index (κ1) is 31.8. The molecule has 2 aromatic rings. The number of allylic oxidation sites excluding steroid dienone is 1. The van der Waals surface area contributed by atoms with Gasteiger partial charge in [0, 0.05) is 43.7 Å². The number of rotatable bonds is 7. The second-order valence-corrected chi connectivity index (χ2v) is 14.5. The van der Waals surface area contributed by atoms with Gasteiger partial charge < -0.3 is 19.8 Å². The first-order valence-corrected chi connectivity index (χ1v) is 16.6. The predicted molar refractivity (Wildman–Crippen MR) is 165 cm³/mol. The summed E-state index contributed by atoms with van der Waals surface area (Å²) in [7, 11) is -0.911. The van der Waals surface area contributed by atoms with E-state index in [0.29, 0.717) is 42.5 Å². The number of carbonyl (C=O) groups is 3. The number of hydrogen-bond acceptors (Lipinski definition) is 8. The van der Waals surface area contributed by atoms with E-state index in [1.54, 1.807) is 33.0 Å². The summed E-state index contributed by atoms with van der Waals surface area (Å²) in [6.07, 6.45) is 8.54. The van der Waals surface area contributed by atoms with Gasteiger partial charge in [-0.05, 0) is 64.5 Å². The van der Waals surface area contributed by atoms with Crippen molar-refractivity contribution in [2.45, 2.75) is 62.7 Å².